The molecule has 0 fully saturated rings. The predicted molar refractivity (Wildman–Crippen MR) is 162 cm³/mol. The molecule has 0 bridgehead atoms. The number of imide groups is 1. The number of oxazole rings is 1. The maximum atomic E-state index is 14.3. The molecular formula is C33H39N5O5. The Morgan fingerprint density at radius 2 is 1.88 bits per heavy atom. The normalized spacial score (nSPS) is 16.1. The smallest absolute Gasteiger partial charge is 0.358 e. The second kappa shape index (κ2) is 12.4. The summed E-state index contributed by atoms with van der Waals surface area (Å²) in [6, 6.07) is 12.9. The number of nitrogens with one attached hydrogen (secondary N) is 1. The number of amides is 3. The number of aromatic carboxylic acids is 1. The molecule has 3 atom stereocenters. The van der Waals surface area contributed by atoms with E-state index in [9.17, 15) is 19.5 Å². The summed E-state index contributed by atoms with van der Waals surface area (Å²) >= 11 is 0. The molecule has 4 N–H and O–H groups in total. The van der Waals surface area contributed by atoms with Crippen molar-refractivity contribution in [2.24, 2.45) is 18.7 Å². The van der Waals surface area contributed by atoms with E-state index in [1.807, 2.05) is 74.1 Å². The van der Waals surface area contributed by atoms with Crippen LogP contribution in [-0.2, 0) is 24.7 Å². The van der Waals surface area contributed by atoms with Gasteiger partial charge in [0.25, 0.3) is 0 Å². The molecule has 0 saturated heterocycles. The minimum atomic E-state index is -1.26. The summed E-state index contributed by atoms with van der Waals surface area (Å²) in [5, 5.41) is 13.8. The molecule has 0 spiro atoms. The monoisotopic (exact) mass is 585 g/mol. The molecule has 0 aliphatic heterocycles. The van der Waals surface area contributed by atoms with Gasteiger partial charge in [-0.2, -0.15) is 0 Å². The molecule has 1 aliphatic rings. The van der Waals surface area contributed by atoms with Crippen molar-refractivity contribution in [3.63, 3.8) is 0 Å². The van der Waals surface area contributed by atoms with Gasteiger partial charge >= 0.3 is 12.0 Å². The number of fused-ring (bicyclic) bond motifs is 2. The largest absolute Gasteiger partial charge is 0.476 e. The highest BCUT2D eigenvalue weighted by atomic mass is 16.4. The van der Waals surface area contributed by atoms with Crippen molar-refractivity contribution < 1.29 is 23.9 Å². The van der Waals surface area contributed by atoms with Gasteiger partial charge in [-0.25, -0.2) is 14.6 Å². The van der Waals surface area contributed by atoms with Gasteiger partial charge in [-0.15, -0.1) is 0 Å². The lowest BCUT2D eigenvalue weighted by atomic mass is 9.88. The Hall–Kier alpha value is -4.44. The molecule has 2 aromatic heterocycles. The van der Waals surface area contributed by atoms with E-state index in [1.54, 1.807) is 0 Å². The molecule has 5 rings (SSSR count). The first-order valence-corrected chi connectivity index (χ1v) is 14.8. The number of para-hydroxylation sites is 1. The molecular weight excluding hydrogens is 546 g/mol. The SMILES string of the molecule is Cc1oc([C@@H](Cc2cn(C)c3ccccc23)N(C(=O)NC2CCCc3ccccc32)C(=O)C(N)CC(C)C)nc1C(=O)O. The van der Waals surface area contributed by atoms with E-state index < -0.39 is 30.0 Å². The summed E-state index contributed by atoms with van der Waals surface area (Å²) in [6.45, 7) is 5.42. The van der Waals surface area contributed by atoms with Crippen LogP contribution in [0.1, 0.15) is 84.0 Å². The summed E-state index contributed by atoms with van der Waals surface area (Å²) < 4.78 is 7.88. The fourth-order valence-corrected chi connectivity index (χ4v) is 6.15. The standard InChI is InChI=1S/C33H39N5O5/c1-19(2)16-25(34)31(39)38(33(42)35-26-14-9-11-21-10-5-6-12-23(21)26)28(30-36-29(32(40)41)20(3)43-30)17-22-18-37(4)27-15-8-7-13-24(22)27/h5-8,10,12-13,15,18-19,25-26,28H,9,11,14,16-17,34H2,1-4H3,(H,35,42)(H,40,41)/t25?,26?,28-/m1/s1. The fraction of sp³-hybridized carbons (Fsp3) is 0.394. The van der Waals surface area contributed by atoms with E-state index in [1.165, 1.54) is 6.92 Å². The van der Waals surface area contributed by atoms with Crippen LogP contribution in [0.2, 0.25) is 0 Å². The van der Waals surface area contributed by atoms with Crippen molar-refractivity contribution in [1.29, 1.82) is 0 Å². The van der Waals surface area contributed by atoms with Crippen molar-refractivity contribution in [1.82, 2.24) is 19.8 Å². The van der Waals surface area contributed by atoms with Gasteiger partial charge in [0.05, 0.1) is 12.1 Å². The maximum absolute atomic E-state index is 14.3. The van der Waals surface area contributed by atoms with Gasteiger partial charge in [-0.05, 0) is 61.3 Å². The Balaban J connectivity index is 1.61. The molecule has 2 unspecified atom stereocenters. The first kappa shape index (κ1) is 30.0. The summed E-state index contributed by atoms with van der Waals surface area (Å²) in [5.74, 6) is -1.67. The lowest BCUT2D eigenvalue weighted by Gasteiger charge is -2.33. The van der Waals surface area contributed by atoms with Crippen LogP contribution in [0.3, 0.4) is 0 Å². The second-order valence-corrected chi connectivity index (χ2v) is 11.8. The molecule has 10 nitrogen and oxygen atoms in total. The zero-order valence-electron chi connectivity index (χ0n) is 25.0. The van der Waals surface area contributed by atoms with Gasteiger partial charge in [0.2, 0.25) is 11.8 Å². The number of hydrogen-bond donors (Lipinski definition) is 3. The second-order valence-electron chi connectivity index (χ2n) is 11.8. The van der Waals surface area contributed by atoms with E-state index in [0.717, 1.165) is 51.8 Å². The van der Waals surface area contributed by atoms with Crippen LogP contribution in [0.25, 0.3) is 10.9 Å². The van der Waals surface area contributed by atoms with Gasteiger partial charge in [0.1, 0.15) is 11.8 Å². The molecule has 10 heteroatoms. The number of carbonyl (C=O) groups is 3. The molecule has 0 radical (unpaired) electrons. The van der Waals surface area contributed by atoms with Crippen molar-refractivity contribution in [2.45, 2.75) is 71.0 Å². The Morgan fingerprint density at radius 1 is 1.16 bits per heavy atom. The number of carbonyl (C=O) groups excluding carboxylic acids is 2. The number of aryl methyl sites for hydroxylation is 3. The highest BCUT2D eigenvalue weighted by Crippen LogP contribution is 2.34. The number of carboxylic acid groups (broad SMARTS) is 1. The van der Waals surface area contributed by atoms with Gasteiger partial charge in [0, 0.05) is 30.6 Å². The number of aromatic nitrogens is 2. The van der Waals surface area contributed by atoms with Crippen LogP contribution in [0, 0.1) is 12.8 Å². The highest BCUT2D eigenvalue weighted by molar-refractivity contribution is 5.98. The molecule has 43 heavy (non-hydrogen) atoms. The number of nitrogens with two attached hydrogens (primary N) is 1. The molecule has 0 saturated carbocycles. The fourth-order valence-electron chi connectivity index (χ4n) is 6.15. The van der Waals surface area contributed by atoms with Crippen molar-refractivity contribution in [2.75, 3.05) is 0 Å². The highest BCUT2D eigenvalue weighted by Gasteiger charge is 2.39. The number of benzene rings is 2. The van der Waals surface area contributed by atoms with Crippen molar-refractivity contribution in [3.8, 4) is 0 Å². The lowest BCUT2D eigenvalue weighted by molar-refractivity contribution is -0.132. The van der Waals surface area contributed by atoms with E-state index in [0.29, 0.717) is 6.42 Å². The van der Waals surface area contributed by atoms with E-state index in [2.05, 4.69) is 16.4 Å². The molecule has 4 aromatic rings. The Morgan fingerprint density at radius 3 is 2.60 bits per heavy atom. The molecule has 226 valence electrons. The van der Waals surface area contributed by atoms with E-state index in [4.69, 9.17) is 10.2 Å². The van der Waals surface area contributed by atoms with E-state index in [-0.39, 0.29) is 35.7 Å². The van der Waals surface area contributed by atoms with Gasteiger partial charge in [0.15, 0.2) is 5.69 Å². The third-order valence-electron chi connectivity index (χ3n) is 8.17. The van der Waals surface area contributed by atoms with Gasteiger partial charge in [-0.3, -0.25) is 9.69 Å². The Kier molecular flexibility index (Phi) is 8.68. The third kappa shape index (κ3) is 6.19. The number of rotatable bonds is 9. The lowest BCUT2D eigenvalue weighted by Crippen LogP contribution is -2.53. The topological polar surface area (TPSA) is 144 Å². The quantitative estimate of drug-likeness (QED) is 0.237. The number of hydrogen-bond acceptors (Lipinski definition) is 6. The first-order chi connectivity index (χ1) is 20.5. The number of carboxylic acids is 1. The molecule has 3 amide bonds. The van der Waals surface area contributed by atoms with Crippen molar-refractivity contribution in [3.05, 3.63) is 88.8 Å². The Labute approximate surface area is 250 Å². The van der Waals surface area contributed by atoms with Crippen LogP contribution in [0.4, 0.5) is 4.79 Å². The Bertz CT molecular complexity index is 1650. The zero-order valence-corrected chi connectivity index (χ0v) is 25.0. The summed E-state index contributed by atoms with van der Waals surface area (Å²) in [6.07, 6.45) is 4.98. The zero-order chi connectivity index (χ0) is 30.8. The summed E-state index contributed by atoms with van der Waals surface area (Å²) in [4.78, 5) is 45.8. The summed E-state index contributed by atoms with van der Waals surface area (Å²) in [5.41, 5.74) is 10.2. The number of urea groups is 1. The predicted octanol–water partition coefficient (Wildman–Crippen LogP) is 5.45. The van der Waals surface area contributed by atoms with Crippen LogP contribution in [-0.4, -0.2) is 43.5 Å². The van der Waals surface area contributed by atoms with Crippen LogP contribution >= 0.6 is 0 Å². The van der Waals surface area contributed by atoms with Gasteiger partial charge < -0.3 is 25.1 Å². The van der Waals surface area contributed by atoms with Crippen LogP contribution in [0.5, 0.6) is 0 Å². The average Bonchev–Trinajstić information content (AvgIpc) is 3.52. The van der Waals surface area contributed by atoms with Gasteiger partial charge in [-0.1, -0.05) is 56.3 Å². The minimum absolute atomic E-state index is 0.0351. The molecule has 2 heterocycles. The van der Waals surface area contributed by atoms with E-state index >= 15 is 0 Å². The average molecular weight is 586 g/mol. The van der Waals surface area contributed by atoms with Crippen LogP contribution < -0.4 is 11.1 Å². The maximum Gasteiger partial charge on any atom is 0.358 e. The van der Waals surface area contributed by atoms with Crippen LogP contribution in [0.15, 0.2) is 59.1 Å². The third-order valence-corrected chi connectivity index (χ3v) is 8.17. The van der Waals surface area contributed by atoms with Crippen molar-refractivity contribution >= 4 is 28.8 Å². The molecule has 1 aliphatic carbocycles. The number of nitrogens with zero attached hydrogens (tertiary/aromatic N) is 3. The summed E-state index contributed by atoms with van der Waals surface area (Å²) in [7, 11) is 1.92. The first-order valence-electron chi connectivity index (χ1n) is 14.8. The molecule has 2 aromatic carbocycles. The minimum Gasteiger partial charge on any atom is -0.476 e.